The van der Waals surface area contributed by atoms with Crippen molar-refractivity contribution in [2.45, 2.75) is 33.1 Å². The van der Waals surface area contributed by atoms with Gasteiger partial charge in [0.15, 0.2) is 5.58 Å². The molecule has 2 heteroatoms. The molecule has 0 saturated heterocycles. The maximum absolute atomic E-state index is 6.57. The van der Waals surface area contributed by atoms with E-state index in [1.54, 1.807) is 0 Å². The minimum absolute atomic E-state index is 0.0853. The van der Waals surface area contributed by atoms with Gasteiger partial charge in [0.05, 0.1) is 5.69 Å². The second kappa shape index (κ2) is 14.4. The summed E-state index contributed by atoms with van der Waals surface area (Å²) in [6.45, 7) is 9.14. The quantitative estimate of drug-likeness (QED) is 0.160. The summed E-state index contributed by atoms with van der Waals surface area (Å²) in [5, 5.41) is 2.23. The number of hydrogen-bond donors (Lipinski definition) is 0. The lowest BCUT2D eigenvalue weighted by Gasteiger charge is -2.25. The van der Waals surface area contributed by atoms with Crippen molar-refractivity contribution in [1.29, 1.82) is 0 Å². The van der Waals surface area contributed by atoms with Crippen LogP contribution in [-0.2, 0) is 5.41 Å². The number of furan rings is 1. The summed E-state index contributed by atoms with van der Waals surface area (Å²) < 4.78 is 6.57. The fourth-order valence-corrected chi connectivity index (χ4v) is 9.75. The fourth-order valence-electron chi connectivity index (χ4n) is 9.75. The molecule has 0 atom stereocenters. The van der Waals surface area contributed by atoms with Crippen molar-refractivity contribution in [2.75, 3.05) is 4.90 Å². The van der Waals surface area contributed by atoms with Gasteiger partial charge in [-0.15, -0.1) is 0 Å². The van der Waals surface area contributed by atoms with Crippen LogP contribution in [0.3, 0.4) is 0 Å². The van der Waals surface area contributed by atoms with Crippen LogP contribution < -0.4 is 4.90 Å². The molecule has 1 aromatic heterocycles. The van der Waals surface area contributed by atoms with E-state index in [0.29, 0.717) is 0 Å². The van der Waals surface area contributed by atoms with Crippen LogP contribution in [0.5, 0.6) is 0 Å². The molecule has 0 radical (unpaired) electrons. The number of para-hydroxylation sites is 3. The Hall–Kier alpha value is -7.42. The zero-order chi connectivity index (χ0) is 41.2. The predicted octanol–water partition coefficient (Wildman–Crippen LogP) is 16.6. The molecule has 1 aliphatic carbocycles. The smallest absolute Gasteiger partial charge is 0.159 e. The zero-order valence-electron chi connectivity index (χ0n) is 34.9. The molecule has 0 N–H and O–H groups in total. The Kier molecular flexibility index (Phi) is 8.65. The highest BCUT2D eigenvalue weighted by atomic mass is 16.3. The molecular weight excluding hydrogens is 739 g/mol. The topological polar surface area (TPSA) is 16.4 Å². The molecule has 1 heterocycles. The van der Waals surface area contributed by atoms with Crippen LogP contribution in [0.15, 0.2) is 205 Å². The highest BCUT2D eigenvalue weighted by Gasteiger charge is 2.35. The van der Waals surface area contributed by atoms with Crippen LogP contribution in [0, 0.1) is 13.8 Å². The zero-order valence-corrected chi connectivity index (χ0v) is 34.9. The molecular formula is C59H45NO. The summed E-state index contributed by atoms with van der Waals surface area (Å²) in [7, 11) is 0. The lowest BCUT2D eigenvalue weighted by Crippen LogP contribution is -2.14. The van der Waals surface area contributed by atoms with Gasteiger partial charge in [0.2, 0.25) is 0 Å². The van der Waals surface area contributed by atoms with Crippen LogP contribution in [0.25, 0.3) is 77.6 Å². The molecule has 9 aromatic carbocycles. The normalized spacial score (nSPS) is 12.7. The average Bonchev–Trinajstić information content (AvgIpc) is 3.79. The number of anilines is 3. The Morgan fingerprint density at radius 1 is 0.377 bits per heavy atom. The van der Waals surface area contributed by atoms with E-state index in [9.17, 15) is 0 Å². The van der Waals surface area contributed by atoms with Crippen molar-refractivity contribution in [3.05, 3.63) is 222 Å². The lowest BCUT2D eigenvalue weighted by atomic mass is 9.81. The van der Waals surface area contributed by atoms with Crippen molar-refractivity contribution in [2.24, 2.45) is 0 Å². The third kappa shape index (κ3) is 6.18. The first-order chi connectivity index (χ1) is 29.8. The van der Waals surface area contributed by atoms with E-state index in [4.69, 9.17) is 4.42 Å². The monoisotopic (exact) mass is 783 g/mol. The second-order valence-electron chi connectivity index (χ2n) is 17.0. The van der Waals surface area contributed by atoms with Gasteiger partial charge in [-0.05, 0) is 152 Å². The average molecular weight is 784 g/mol. The van der Waals surface area contributed by atoms with Crippen LogP contribution in [0.4, 0.5) is 17.1 Å². The number of nitrogens with zero attached hydrogens (tertiary/aromatic N) is 1. The standard InChI is InChI=1S/C59H45NO/c1-38-15-8-9-18-48(38)49-31-27-41(33-39(49)2)44-34-43(35-45(36-44)42-28-32-51-50-19-10-12-22-54(50)59(3,4)55(51)37-42)40-25-29-47(30-26-40)60(46-16-6-5-7-17-46)56-23-14-21-53-52-20-11-13-24-57(52)61-58(53)56/h5-37H,1-4H3. The van der Waals surface area contributed by atoms with Crippen molar-refractivity contribution < 1.29 is 4.42 Å². The first-order valence-corrected chi connectivity index (χ1v) is 21.2. The van der Waals surface area contributed by atoms with Crippen LogP contribution in [0.1, 0.15) is 36.1 Å². The summed E-state index contributed by atoms with van der Waals surface area (Å²) in [5.74, 6) is 0. The van der Waals surface area contributed by atoms with Crippen molar-refractivity contribution >= 4 is 39.0 Å². The molecule has 0 fully saturated rings. The molecule has 0 bridgehead atoms. The Bertz CT molecular complexity index is 3300. The van der Waals surface area contributed by atoms with Gasteiger partial charge in [0, 0.05) is 27.6 Å². The Labute approximate surface area is 358 Å². The SMILES string of the molecule is Cc1ccccc1-c1ccc(-c2cc(-c3ccc(N(c4ccccc4)c4cccc5c4oc4ccccc45)cc3)cc(-c3ccc4c(c3)C(C)(C)c3ccccc3-4)c2)cc1C. The molecule has 2 nitrogen and oxygen atoms in total. The maximum atomic E-state index is 6.57. The van der Waals surface area contributed by atoms with Crippen molar-refractivity contribution in [1.82, 2.24) is 0 Å². The van der Waals surface area contributed by atoms with Crippen molar-refractivity contribution in [3.8, 4) is 55.6 Å². The number of aryl methyl sites for hydroxylation is 2. The number of fused-ring (bicyclic) bond motifs is 6. The fraction of sp³-hybridized carbons (Fsp3) is 0.0847. The van der Waals surface area contributed by atoms with E-state index in [-0.39, 0.29) is 5.41 Å². The van der Waals surface area contributed by atoms with Gasteiger partial charge in [-0.25, -0.2) is 0 Å². The third-order valence-corrected chi connectivity index (χ3v) is 12.9. The van der Waals surface area contributed by atoms with Gasteiger partial charge in [0.1, 0.15) is 5.58 Å². The van der Waals surface area contributed by atoms with E-state index in [0.717, 1.165) is 44.6 Å². The molecule has 0 aliphatic heterocycles. The van der Waals surface area contributed by atoms with Crippen molar-refractivity contribution in [3.63, 3.8) is 0 Å². The molecule has 0 unspecified atom stereocenters. The summed E-state index contributed by atoms with van der Waals surface area (Å²) in [6, 6.07) is 73.0. The van der Waals surface area contributed by atoms with E-state index in [2.05, 4.69) is 221 Å². The van der Waals surface area contributed by atoms with E-state index >= 15 is 0 Å². The molecule has 292 valence electrons. The highest BCUT2D eigenvalue weighted by molar-refractivity contribution is 6.10. The Morgan fingerprint density at radius 3 is 1.69 bits per heavy atom. The van der Waals surface area contributed by atoms with E-state index < -0.39 is 0 Å². The number of hydrogen-bond acceptors (Lipinski definition) is 2. The molecule has 61 heavy (non-hydrogen) atoms. The van der Waals surface area contributed by atoms with Gasteiger partial charge in [-0.3, -0.25) is 0 Å². The van der Waals surface area contributed by atoms with E-state index in [1.165, 1.54) is 72.3 Å². The summed E-state index contributed by atoms with van der Waals surface area (Å²) in [5.41, 5.74) is 22.5. The Morgan fingerprint density at radius 2 is 0.934 bits per heavy atom. The van der Waals surface area contributed by atoms with E-state index in [1.807, 2.05) is 12.1 Å². The minimum atomic E-state index is -0.0853. The highest BCUT2D eigenvalue weighted by Crippen LogP contribution is 2.50. The third-order valence-electron chi connectivity index (χ3n) is 12.9. The van der Waals surface area contributed by atoms with Gasteiger partial charge >= 0.3 is 0 Å². The second-order valence-corrected chi connectivity index (χ2v) is 17.0. The van der Waals surface area contributed by atoms with Gasteiger partial charge in [0.25, 0.3) is 0 Å². The predicted molar refractivity (Wildman–Crippen MR) is 257 cm³/mol. The first-order valence-electron chi connectivity index (χ1n) is 21.2. The minimum Gasteiger partial charge on any atom is -0.454 e. The van der Waals surface area contributed by atoms with Gasteiger partial charge in [-0.1, -0.05) is 153 Å². The largest absolute Gasteiger partial charge is 0.454 e. The van der Waals surface area contributed by atoms with Crippen LogP contribution >= 0.6 is 0 Å². The maximum Gasteiger partial charge on any atom is 0.159 e. The first kappa shape index (κ1) is 36.6. The number of benzene rings is 9. The molecule has 0 saturated carbocycles. The summed E-state index contributed by atoms with van der Waals surface area (Å²) in [4.78, 5) is 2.30. The van der Waals surface area contributed by atoms with Crippen LogP contribution in [0.2, 0.25) is 0 Å². The van der Waals surface area contributed by atoms with Crippen LogP contribution in [-0.4, -0.2) is 0 Å². The molecule has 1 aliphatic rings. The lowest BCUT2D eigenvalue weighted by molar-refractivity contribution is 0.660. The number of rotatable bonds is 7. The van der Waals surface area contributed by atoms with Gasteiger partial charge < -0.3 is 9.32 Å². The summed E-state index contributed by atoms with van der Waals surface area (Å²) >= 11 is 0. The molecule has 10 aromatic rings. The molecule has 11 rings (SSSR count). The Balaban J connectivity index is 1.04. The summed E-state index contributed by atoms with van der Waals surface area (Å²) in [6.07, 6.45) is 0. The molecule has 0 spiro atoms. The molecule has 0 amide bonds. The van der Waals surface area contributed by atoms with Gasteiger partial charge in [-0.2, -0.15) is 0 Å².